The van der Waals surface area contributed by atoms with Crippen molar-refractivity contribution in [2.45, 2.75) is 32.2 Å². The highest BCUT2D eigenvalue weighted by atomic mass is 16.1. The predicted octanol–water partition coefficient (Wildman–Crippen LogP) is 2.83. The largest absolute Gasteiger partial charge is 0.383 e. The first-order chi connectivity index (χ1) is 12.6. The normalized spacial score (nSPS) is 17.4. The Morgan fingerprint density at radius 2 is 2.12 bits per heavy atom. The molecule has 0 saturated carbocycles. The van der Waals surface area contributed by atoms with Gasteiger partial charge in [-0.3, -0.25) is 0 Å². The molecular weight excluding hydrogens is 324 g/mol. The molecule has 0 bridgehead atoms. The average Bonchev–Trinajstić information content (AvgIpc) is 2.68. The molecule has 2 aromatic rings. The fraction of sp³-hybridized carbons (Fsp3) is 0.381. The number of benzene rings is 1. The summed E-state index contributed by atoms with van der Waals surface area (Å²) in [6.07, 6.45) is 4.45. The van der Waals surface area contributed by atoms with Crippen molar-refractivity contribution >= 4 is 17.4 Å². The van der Waals surface area contributed by atoms with Gasteiger partial charge < -0.3 is 15.5 Å². The van der Waals surface area contributed by atoms with E-state index in [1.54, 1.807) is 6.20 Å². The van der Waals surface area contributed by atoms with Crippen LogP contribution in [0.1, 0.15) is 24.0 Å². The van der Waals surface area contributed by atoms with Crippen molar-refractivity contribution in [3.8, 4) is 0 Å². The van der Waals surface area contributed by atoms with Crippen molar-refractivity contribution in [1.82, 2.24) is 9.88 Å². The molecule has 0 aliphatic carbocycles. The number of hydrogen-bond donors (Lipinski definition) is 1. The highest BCUT2D eigenvalue weighted by Gasteiger charge is 2.27. The van der Waals surface area contributed by atoms with Crippen LogP contribution in [0, 0.1) is 6.92 Å². The molecule has 1 fully saturated rings. The molecular formula is C21H26N4O. The van der Waals surface area contributed by atoms with Crippen LogP contribution < -0.4 is 10.6 Å². The van der Waals surface area contributed by atoms with Gasteiger partial charge >= 0.3 is 0 Å². The van der Waals surface area contributed by atoms with Gasteiger partial charge in [0.1, 0.15) is 17.5 Å². The number of carbonyl (C=O) groups excluding carboxylic acids is 1. The second kappa shape index (κ2) is 8.17. The number of likely N-dealkylation sites (N-methyl/N-ethyl adjacent to an activating group) is 1. The van der Waals surface area contributed by atoms with E-state index in [0.717, 1.165) is 37.2 Å². The fourth-order valence-electron chi connectivity index (χ4n) is 3.46. The molecule has 0 spiro atoms. The topological polar surface area (TPSA) is 62.5 Å². The second-order valence-corrected chi connectivity index (χ2v) is 6.96. The van der Waals surface area contributed by atoms with Crippen molar-refractivity contribution in [3.05, 3.63) is 59.4 Å². The Morgan fingerprint density at radius 1 is 1.35 bits per heavy atom. The lowest BCUT2D eigenvalue weighted by Crippen LogP contribution is -2.43. The highest BCUT2D eigenvalue weighted by molar-refractivity contribution is 5.66. The molecule has 0 radical (unpaired) electrons. The third-order valence-electron chi connectivity index (χ3n) is 5.19. The van der Waals surface area contributed by atoms with E-state index < -0.39 is 0 Å². The lowest BCUT2D eigenvalue weighted by Gasteiger charge is -2.38. The lowest BCUT2D eigenvalue weighted by atomic mass is 9.99. The summed E-state index contributed by atoms with van der Waals surface area (Å²) in [5.74, 6) is 2.68. The van der Waals surface area contributed by atoms with Crippen LogP contribution in [0.4, 0.5) is 11.5 Å². The molecule has 1 atom stereocenters. The Kier molecular flexibility index (Phi) is 5.71. The van der Waals surface area contributed by atoms with Gasteiger partial charge in [0, 0.05) is 25.6 Å². The number of anilines is 2. The van der Waals surface area contributed by atoms with Gasteiger partial charge in [0.15, 0.2) is 0 Å². The number of nitrogens with zero attached hydrogens (tertiary/aromatic N) is 3. The molecule has 5 nitrogen and oxygen atoms in total. The zero-order valence-electron chi connectivity index (χ0n) is 15.5. The van der Waals surface area contributed by atoms with Crippen molar-refractivity contribution in [2.75, 3.05) is 30.8 Å². The van der Waals surface area contributed by atoms with Crippen LogP contribution in [-0.4, -0.2) is 42.0 Å². The summed E-state index contributed by atoms with van der Waals surface area (Å²) in [4.78, 5) is 20.2. The minimum atomic E-state index is 0.356. The number of nitrogens with two attached hydrogens (primary N) is 1. The summed E-state index contributed by atoms with van der Waals surface area (Å²) in [6.45, 7) is 3.69. The van der Waals surface area contributed by atoms with Crippen LogP contribution >= 0.6 is 0 Å². The Hall–Kier alpha value is -2.62. The van der Waals surface area contributed by atoms with E-state index in [0.29, 0.717) is 24.0 Å². The number of pyridine rings is 1. The zero-order chi connectivity index (χ0) is 18.5. The number of rotatable bonds is 5. The monoisotopic (exact) mass is 350 g/mol. The number of nitrogen functional groups attached to an aromatic ring is 1. The Bertz CT molecular complexity index is 799. The minimum absolute atomic E-state index is 0.356. The zero-order valence-corrected chi connectivity index (χ0v) is 15.5. The SMILES string of the molecule is Cc1cc(N2CCC(N(C)CCc3ccccc3)CC2=C=O)cnc1N. The Morgan fingerprint density at radius 3 is 2.81 bits per heavy atom. The summed E-state index contributed by atoms with van der Waals surface area (Å²) in [6, 6.07) is 12.8. The van der Waals surface area contributed by atoms with Crippen molar-refractivity contribution in [2.24, 2.45) is 0 Å². The van der Waals surface area contributed by atoms with Gasteiger partial charge in [-0.15, -0.1) is 0 Å². The van der Waals surface area contributed by atoms with Crippen molar-refractivity contribution in [3.63, 3.8) is 0 Å². The molecule has 1 aliphatic rings. The maximum absolute atomic E-state index is 11.6. The molecule has 3 rings (SSSR count). The Balaban J connectivity index is 1.63. The van der Waals surface area contributed by atoms with Gasteiger partial charge in [-0.25, -0.2) is 9.78 Å². The molecule has 26 heavy (non-hydrogen) atoms. The van der Waals surface area contributed by atoms with Gasteiger partial charge in [0.05, 0.1) is 11.9 Å². The van der Waals surface area contributed by atoms with E-state index in [2.05, 4.69) is 47.1 Å². The van der Waals surface area contributed by atoms with Crippen LogP contribution in [0.2, 0.25) is 0 Å². The van der Waals surface area contributed by atoms with E-state index in [1.165, 1.54) is 5.56 Å². The van der Waals surface area contributed by atoms with Crippen LogP contribution in [0.3, 0.4) is 0 Å². The first-order valence-corrected chi connectivity index (χ1v) is 9.06. The number of aryl methyl sites for hydroxylation is 1. The highest BCUT2D eigenvalue weighted by Crippen LogP contribution is 2.29. The lowest BCUT2D eigenvalue weighted by molar-refractivity contribution is 0.222. The summed E-state index contributed by atoms with van der Waals surface area (Å²) in [5, 5.41) is 0. The van der Waals surface area contributed by atoms with Crippen LogP contribution in [0.25, 0.3) is 0 Å². The third kappa shape index (κ3) is 4.13. The maximum atomic E-state index is 11.6. The van der Waals surface area contributed by atoms with E-state index in [9.17, 15) is 4.79 Å². The minimum Gasteiger partial charge on any atom is -0.383 e. The van der Waals surface area contributed by atoms with Crippen LogP contribution in [0.5, 0.6) is 0 Å². The Labute approximate surface area is 155 Å². The first-order valence-electron chi connectivity index (χ1n) is 9.06. The average molecular weight is 350 g/mol. The summed E-state index contributed by atoms with van der Waals surface area (Å²) in [5.41, 5.74) is 9.68. The van der Waals surface area contributed by atoms with E-state index in [1.807, 2.05) is 24.0 Å². The smallest absolute Gasteiger partial charge is 0.146 e. The van der Waals surface area contributed by atoms with Gasteiger partial charge in [-0.1, -0.05) is 30.3 Å². The number of piperidine rings is 1. The van der Waals surface area contributed by atoms with Gasteiger partial charge in [-0.2, -0.15) is 0 Å². The molecule has 1 saturated heterocycles. The first kappa shape index (κ1) is 18.2. The van der Waals surface area contributed by atoms with Gasteiger partial charge in [0.2, 0.25) is 0 Å². The summed E-state index contributed by atoms with van der Waals surface area (Å²) >= 11 is 0. The molecule has 1 aliphatic heterocycles. The molecule has 5 heteroatoms. The third-order valence-corrected chi connectivity index (χ3v) is 5.19. The quantitative estimate of drug-likeness (QED) is 0.840. The van der Waals surface area contributed by atoms with Crippen LogP contribution in [-0.2, 0) is 11.2 Å². The van der Waals surface area contributed by atoms with Crippen molar-refractivity contribution in [1.29, 1.82) is 0 Å². The maximum Gasteiger partial charge on any atom is 0.146 e. The second-order valence-electron chi connectivity index (χ2n) is 6.96. The molecule has 1 aromatic heterocycles. The molecule has 0 amide bonds. The summed E-state index contributed by atoms with van der Waals surface area (Å²) < 4.78 is 0. The van der Waals surface area contributed by atoms with E-state index in [4.69, 9.17) is 5.73 Å². The van der Waals surface area contributed by atoms with Gasteiger partial charge in [0.25, 0.3) is 0 Å². The van der Waals surface area contributed by atoms with Crippen molar-refractivity contribution < 1.29 is 4.79 Å². The molecule has 1 aromatic carbocycles. The molecule has 2 N–H and O–H groups in total. The number of hydrogen-bond acceptors (Lipinski definition) is 5. The molecule has 2 heterocycles. The fourth-order valence-corrected chi connectivity index (χ4v) is 3.46. The predicted molar refractivity (Wildman–Crippen MR) is 106 cm³/mol. The molecule has 136 valence electrons. The summed E-state index contributed by atoms with van der Waals surface area (Å²) in [7, 11) is 2.14. The standard InChI is InChI=1S/C21H26N4O/c1-16-12-19(14-23-21(16)22)25-11-9-18(13-20(25)15-26)24(2)10-8-17-6-4-3-5-7-17/h3-7,12,14,18H,8-11,13H2,1-2H3,(H2,22,23). The number of aromatic nitrogens is 1. The van der Waals surface area contributed by atoms with E-state index in [-0.39, 0.29) is 0 Å². The molecule has 1 unspecified atom stereocenters. The van der Waals surface area contributed by atoms with Crippen LogP contribution in [0.15, 0.2) is 48.3 Å². The van der Waals surface area contributed by atoms with E-state index >= 15 is 0 Å². The van der Waals surface area contributed by atoms with Gasteiger partial charge in [-0.05, 0) is 44.0 Å².